The number of ether oxygens (including phenoxy) is 1. The highest BCUT2D eigenvalue weighted by molar-refractivity contribution is 5.94. The monoisotopic (exact) mass is 727 g/mol. The van der Waals surface area contributed by atoms with Crippen molar-refractivity contribution in [3.63, 3.8) is 0 Å². The molecule has 0 saturated carbocycles. The fourth-order valence-electron chi connectivity index (χ4n) is 8.52. The first-order chi connectivity index (χ1) is 24.8. The Morgan fingerprint density at radius 1 is 0.865 bits per heavy atom. The average molecular weight is 728 g/mol. The molecule has 0 bridgehead atoms. The molecule has 4 atom stereocenters. The number of likely N-dealkylation sites (N-methyl/N-ethyl adjacent to an activating group) is 1. The van der Waals surface area contributed by atoms with Gasteiger partial charge >= 0.3 is 6.09 Å². The molecule has 3 N–H and O–H groups in total. The van der Waals surface area contributed by atoms with E-state index in [2.05, 4.69) is 52.3 Å². The van der Waals surface area contributed by atoms with Crippen molar-refractivity contribution in [3.05, 3.63) is 95.1 Å². The summed E-state index contributed by atoms with van der Waals surface area (Å²) in [7, 11) is 1.55. The zero-order valence-electron chi connectivity index (χ0n) is 30.0. The Hall–Kier alpha value is -4.41. The standard InChI is InChI=1S/C41H49N5O5.ClH/c1-26(45(2)41(50)51-25-34-32-16-7-5-14-30(32)31-15-6-8-17-33(31)34)38(47)44-37(28-20-22-42-23-21-28)40(49)46-24-10-19-36(46)39(48)43-35-18-9-12-27-11-3-4-13-29(27)35;/h3-8,11,13-17,26,28,34-37,42H,9-10,12,18-25H2,1-2H3,(H,43,48)(H,44,47);1H/t26-,35+,36-,37-;/m0./s1. The first-order valence-corrected chi connectivity index (χ1v) is 18.6. The van der Waals surface area contributed by atoms with Crippen LogP contribution < -0.4 is 16.0 Å². The maximum absolute atomic E-state index is 14.4. The number of hydrogen-bond donors (Lipinski definition) is 3. The molecule has 4 aliphatic rings. The van der Waals surface area contributed by atoms with Crippen LogP contribution in [0.2, 0.25) is 0 Å². The summed E-state index contributed by atoms with van der Waals surface area (Å²) in [6.07, 6.45) is 5.01. The van der Waals surface area contributed by atoms with Gasteiger partial charge in [0, 0.05) is 19.5 Å². The number of amides is 4. The van der Waals surface area contributed by atoms with Gasteiger partial charge in [0.1, 0.15) is 24.7 Å². The summed E-state index contributed by atoms with van der Waals surface area (Å²) in [5, 5.41) is 9.65. The van der Waals surface area contributed by atoms with Gasteiger partial charge < -0.3 is 25.6 Å². The molecule has 3 aromatic rings. The van der Waals surface area contributed by atoms with Crippen LogP contribution in [0.3, 0.4) is 0 Å². The molecule has 10 nitrogen and oxygen atoms in total. The topological polar surface area (TPSA) is 120 Å². The van der Waals surface area contributed by atoms with Gasteiger partial charge in [-0.1, -0.05) is 72.8 Å². The number of rotatable bonds is 9. The van der Waals surface area contributed by atoms with Crippen molar-refractivity contribution in [3.8, 4) is 11.1 Å². The second-order valence-electron chi connectivity index (χ2n) is 14.5. The van der Waals surface area contributed by atoms with Crippen molar-refractivity contribution >= 4 is 36.2 Å². The maximum atomic E-state index is 14.4. The predicted octanol–water partition coefficient (Wildman–Crippen LogP) is 5.35. The van der Waals surface area contributed by atoms with Crippen LogP contribution in [-0.2, 0) is 25.5 Å². The van der Waals surface area contributed by atoms with E-state index in [-0.39, 0.29) is 48.7 Å². The van der Waals surface area contributed by atoms with Gasteiger partial charge in [-0.05, 0) is 104 Å². The lowest BCUT2D eigenvalue weighted by atomic mass is 9.87. The quantitative estimate of drug-likeness (QED) is 0.274. The summed E-state index contributed by atoms with van der Waals surface area (Å²) in [4.78, 5) is 58.3. The van der Waals surface area contributed by atoms with Crippen LogP contribution in [0, 0.1) is 5.92 Å². The third-order valence-electron chi connectivity index (χ3n) is 11.5. The lowest BCUT2D eigenvalue weighted by Crippen LogP contribution is -2.59. The molecule has 11 heteroatoms. The lowest BCUT2D eigenvalue weighted by molar-refractivity contribution is -0.143. The minimum atomic E-state index is -0.887. The maximum Gasteiger partial charge on any atom is 0.410 e. The average Bonchev–Trinajstić information content (AvgIpc) is 3.79. The van der Waals surface area contributed by atoms with Crippen molar-refractivity contribution in [2.24, 2.45) is 5.92 Å². The Balaban J connectivity index is 0.00000464. The largest absolute Gasteiger partial charge is 0.448 e. The van der Waals surface area contributed by atoms with E-state index in [0.717, 1.165) is 79.4 Å². The van der Waals surface area contributed by atoms with E-state index >= 15 is 0 Å². The Bertz CT molecular complexity index is 1730. The number of piperidine rings is 1. The summed E-state index contributed by atoms with van der Waals surface area (Å²) >= 11 is 0. The van der Waals surface area contributed by atoms with Crippen LogP contribution in [-0.4, -0.2) is 85.0 Å². The number of hydrogen-bond acceptors (Lipinski definition) is 6. The molecule has 2 heterocycles. The summed E-state index contributed by atoms with van der Waals surface area (Å²) in [5.41, 5.74) is 6.92. The molecule has 0 unspecified atom stereocenters. The van der Waals surface area contributed by atoms with E-state index in [9.17, 15) is 19.2 Å². The third kappa shape index (κ3) is 7.55. The normalized spacial score (nSPS) is 20.7. The van der Waals surface area contributed by atoms with Crippen LogP contribution in [0.4, 0.5) is 4.79 Å². The van der Waals surface area contributed by atoms with E-state index in [4.69, 9.17) is 4.74 Å². The lowest BCUT2D eigenvalue weighted by Gasteiger charge is -2.36. The smallest absolute Gasteiger partial charge is 0.410 e. The van der Waals surface area contributed by atoms with Gasteiger partial charge in [-0.25, -0.2) is 4.79 Å². The number of fused-ring (bicyclic) bond motifs is 4. The number of aryl methyl sites for hydroxylation is 1. The molecule has 0 spiro atoms. The zero-order valence-corrected chi connectivity index (χ0v) is 30.8. The molecule has 2 fully saturated rings. The van der Waals surface area contributed by atoms with E-state index < -0.39 is 30.1 Å². The van der Waals surface area contributed by atoms with Gasteiger partial charge in [-0.2, -0.15) is 0 Å². The summed E-state index contributed by atoms with van der Waals surface area (Å²) in [6, 6.07) is 22.2. The molecule has 2 aliphatic heterocycles. The minimum absolute atomic E-state index is 0. The fraction of sp³-hybridized carbons (Fsp3) is 0.463. The second kappa shape index (κ2) is 16.5. The van der Waals surface area contributed by atoms with Gasteiger partial charge in [0.05, 0.1) is 6.04 Å². The molecule has 7 rings (SSSR count). The molecule has 0 radical (unpaired) electrons. The van der Waals surface area contributed by atoms with Crippen molar-refractivity contribution < 1.29 is 23.9 Å². The van der Waals surface area contributed by atoms with Crippen LogP contribution in [0.5, 0.6) is 0 Å². The number of nitrogens with one attached hydrogen (secondary N) is 3. The van der Waals surface area contributed by atoms with Gasteiger partial charge in [-0.15, -0.1) is 12.4 Å². The second-order valence-corrected chi connectivity index (χ2v) is 14.5. The Labute approximate surface area is 312 Å². The number of benzene rings is 3. The van der Waals surface area contributed by atoms with Gasteiger partial charge in [0.15, 0.2) is 0 Å². The molecule has 3 aromatic carbocycles. The Morgan fingerprint density at radius 3 is 2.19 bits per heavy atom. The van der Waals surface area contributed by atoms with E-state index in [0.29, 0.717) is 13.0 Å². The van der Waals surface area contributed by atoms with Crippen molar-refractivity contribution in [2.45, 2.75) is 82.0 Å². The summed E-state index contributed by atoms with van der Waals surface area (Å²) < 4.78 is 5.83. The number of carbonyl (C=O) groups excluding carboxylic acids is 4. The van der Waals surface area contributed by atoms with Crippen LogP contribution in [0.1, 0.15) is 79.7 Å². The first kappa shape index (κ1) is 37.4. The van der Waals surface area contributed by atoms with E-state index in [1.54, 1.807) is 18.9 Å². The zero-order chi connectivity index (χ0) is 35.5. The van der Waals surface area contributed by atoms with Crippen molar-refractivity contribution in [1.29, 1.82) is 0 Å². The highest BCUT2D eigenvalue weighted by Crippen LogP contribution is 2.44. The Morgan fingerprint density at radius 2 is 1.50 bits per heavy atom. The predicted molar refractivity (Wildman–Crippen MR) is 202 cm³/mol. The van der Waals surface area contributed by atoms with E-state index in [1.807, 2.05) is 36.4 Å². The highest BCUT2D eigenvalue weighted by Gasteiger charge is 2.42. The van der Waals surface area contributed by atoms with Crippen LogP contribution in [0.15, 0.2) is 72.8 Å². The minimum Gasteiger partial charge on any atom is -0.448 e. The summed E-state index contributed by atoms with van der Waals surface area (Å²) in [5.74, 6) is -0.986. The number of carbonyl (C=O) groups is 4. The fourth-order valence-corrected chi connectivity index (χ4v) is 8.52. The van der Waals surface area contributed by atoms with Crippen molar-refractivity contribution in [2.75, 3.05) is 33.3 Å². The molecule has 276 valence electrons. The molecular weight excluding hydrogens is 678 g/mol. The molecule has 4 amide bonds. The van der Waals surface area contributed by atoms with Gasteiger partial charge in [0.25, 0.3) is 0 Å². The summed E-state index contributed by atoms with van der Waals surface area (Å²) in [6.45, 7) is 3.74. The highest BCUT2D eigenvalue weighted by atomic mass is 35.5. The molecular formula is C41H50ClN5O5. The van der Waals surface area contributed by atoms with Gasteiger partial charge in [-0.3, -0.25) is 19.3 Å². The van der Waals surface area contributed by atoms with Crippen LogP contribution in [0.25, 0.3) is 11.1 Å². The Kier molecular flexibility index (Phi) is 11.9. The van der Waals surface area contributed by atoms with Crippen molar-refractivity contribution in [1.82, 2.24) is 25.8 Å². The third-order valence-corrected chi connectivity index (χ3v) is 11.5. The molecule has 2 aliphatic carbocycles. The molecule has 2 saturated heterocycles. The first-order valence-electron chi connectivity index (χ1n) is 18.6. The molecule has 52 heavy (non-hydrogen) atoms. The number of nitrogens with zero attached hydrogens (tertiary/aromatic N) is 2. The number of halogens is 1. The van der Waals surface area contributed by atoms with Crippen LogP contribution >= 0.6 is 12.4 Å². The number of likely N-dealkylation sites (tertiary alicyclic amines) is 1. The van der Waals surface area contributed by atoms with Gasteiger partial charge in [0.2, 0.25) is 17.7 Å². The van der Waals surface area contributed by atoms with E-state index in [1.165, 1.54) is 10.5 Å². The molecule has 0 aromatic heterocycles. The SMILES string of the molecule is C[C@@H](C(=O)N[C@H](C(=O)N1CCC[C@H]1C(=O)N[C@@H]1CCCc2ccccc21)C1CCNCC1)N(C)C(=O)OCC1c2ccccc2-c2ccccc21.Cl.